The van der Waals surface area contributed by atoms with Gasteiger partial charge >= 0.3 is 0 Å². The number of hydrogen-bond acceptors (Lipinski definition) is 6. The van der Waals surface area contributed by atoms with E-state index in [4.69, 9.17) is 18.9 Å². The Morgan fingerprint density at radius 2 is 1.73 bits per heavy atom. The van der Waals surface area contributed by atoms with Gasteiger partial charge in [-0.3, -0.25) is 4.79 Å². The lowest BCUT2D eigenvalue weighted by molar-refractivity contribution is -0.133. The first-order valence-corrected chi connectivity index (χ1v) is 11.8. The van der Waals surface area contributed by atoms with Crippen LogP contribution in [-0.4, -0.2) is 45.8 Å². The molecule has 2 aromatic carbocycles. The van der Waals surface area contributed by atoms with Crippen molar-refractivity contribution in [2.75, 3.05) is 35.0 Å². The van der Waals surface area contributed by atoms with Crippen LogP contribution >= 0.6 is 11.3 Å². The number of nitrogens with zero attached hydrogens (tertiary/aromatic N) is 1. The number of methoxy groups -OCH3 is 4. The maximum atomic E-state index is 13.5. The number of carbonyl (C=O) groups is 1. The predicted octanol–water partition coefficient (Wildman–Crippen LogP) is 4.89. The van der Waals surface area contributed by atoms with Gasteiger partial charge in [-0.15, -0.1) is 11.3 Å². The van der Waals surface area contributed by atoms with Crippen LogP contribution in [0.25, 0.3) is 0 Å². The lowest BCUT2D eigenvalue weighted by atomic mass is 9.90. The summed E-state index contributed by atoms with van der Waals surface area (Å²) in [6.45, 7) is 0.652. The van der Waals surface area contributed by atoms with Gasteiger partial charge in [0.1, 0.15) is 11.5 Å². The van der Waals surface area contributed by atoms with Crippen LogP contribution in [0.4, 0.5) is 0 Å². The highest BCUT2D eigenvalue weighted by Gasteiger charge is 2.33. The molecule has 1 amide bonds. The van der Waals surface area contributed by atoms with Gasteiger partial charge in [-0.1, -0.05) is 6.07 Å². The van der Waals surface area contributed by atoms with Crippen LogP contribution in [-0.2, 0) is 17.6 Å². The molecule has 0 fully saturated rings. The van der Waals surface area contributed by atoms with Crippen molar-refractivity contribution < 1.29 is 23.7 Å². The maximum Gasteiger partial charge on any atom is 0.223 e. The first-order valence-electron chi connectivity index (χ1n) is 10.9. The maximum absolute atomic E-state index is 13.5. The van der Waals surface area contributed by atoms with Crippen molar-refractivity contribution in [2.45, 2.75) is 25.3 Å². The SMILES string of the molecule is COc1ccc(OC)c(CCC(=O)N2CCc3cc(OC)c(OC)cc3C2c2cccs2)c1. The van der Waals surface area contributed by atoms with Crippen LogP contribution in [0.3, 0.4) is 0 Å². The minimum Gasteiger partial charge on any atom is -0.497 e. The molecule has 0 saturated carbocycles. The summed E-state index contributed by atoms with van der Waals surface area (Å²) < 4.78 is 21.9. The second-order valence-electron chi connectivity index (χ2n) is 7.84. The van der Waals surface area contributed by atoms with Crippen molar-refractivity contribution in [1.29, 1.82) is 0 Å². The molecule has 1 unspecified atom stereocenters. The molecule has 3 aromatic rings. The number of rotatable bonds is 8. The second-order valence-corrected chi connectivity index (χ2v) is 8.82. The fraction of sp³-hybridized carbons (Fsp3) is 0.346. The summed E-state index contributed by atoms with van der Waals surface area (Å²) in [5.41, 5.74) is 3.24. The van der Waals surface area contributed by atoms with Gasteiger partial charge in [-0.25, -0.2) is 0 Å². The summed E-state index contributed by atoms with van der Waals surface area (Å²) in [5, 5.41) is 2.05. The van der Waals surface area contributed by atoms with Gasteiger partial charge in [-0.05, 0) is 71.3 Å². The van der Waals surface area contributed by atoms with Crippen molar-refractivity contribution in [1.82, 2.24) is 4.90 Å². The smallest absolute Gasteiger partial charge is 0.223 e. The van der Waals surface area contributed by atoms with Gasteiger partial charge in [0.15, 0.2) is 11.5 Å². The molecule has 0 bridgehead atoms. The van der Waals surface area contributed by atoms with Crippen molar-refractivity contribution in [2.24, 2.45) is 0 Å². The van der Waals surface area contributed by atoms with E-state index in [9.17, 15) is 4.79 Å². The fourth-order valence-corrected chi connectivity index (χ4v) is 5.29. The number of hydrogen-bond donors (Lipinski definition) is 0. The molecule has 0 N–H and O–H groups in total. The Morgan fingerprint density at radius 3 is 2.39 bits per heavy atom. The third kappa shape index (κ3) is 4.64. The first kappa shape index (κ1) is 23.0. The van der Waals surface area contributed by atoms with E-state index in [2.05, 4.69) is 6.07 Å². The highest BCUT2D eigenvalue weighted by Crippen LogP contribution is 2.42. The first-order chi connectivity index (χ1) is 16.1. The zero-order valence-electron chi connectivity index (χ0n) is 19.4. The summed E-state index contributed by atoms with van der Waals surface area (Å²) >= 11 is 1.66. The molecule has 2 heterocycles. The topological polar surface area (TPSA) is 57.2 Å². The van der Waals surface area contributed by atoms with E-state index in [0.29, 0.717) is 30.9 Å². The van der Waals surface area contributed by atoms with E-state index in [-0.39, 0.29) is 11.9 Å². The number of amides is 1. The Kier molecular flexibility index (Phi) is 7.08. The number of ether oxygens (including phenoxy) is 4. The molecule has 1 aliphatic rings. The van der Waals surface area contributed by atoms with E-state index in [1.165, 1.54) is 5.56 Å². The Hall–Kier alpha value is -3.19. The van der Waals surface area contributed by atoms with Gasteiger partial charge in [0.05, 0.1) is 34.5 Å². The molecule has 33 heavy (non-hydrogen) atoms. The molecular formula is C26H29NO5S. The zero-order valence-corrected chi connectivity index (χ0v) is 20.2. The van der Waals surface area contributed by atoms with Crippen molar-refractivity contribution in [3.05, 3.63) is 69.4 Å². The average molecular weight is 468 g/mol. The van der Waals surface area contributed by atoms with Crippen LogP contribution in [0.5, 0.6) is 23.0 Å². The van der Waals surface area contributed by atoms with Crippen molar-refractivity contribution in [3.8, 4) is 23.0 Å². The van der Waals surface area contributed by atoms with E-state index in [1.807, 2.05) is 46.7 Å². The molecule has 174 valence electrons. The molecule has 1 atom stereocenters. The van der Waals surface area contributed by atoms with Crippen LogP contribution in [0.15, 0.2) is 47.8 Å². The van der Waals surface area contributed by atoms with Gasteiger partial charge in [0.25, 0.3) is 0 Å². The van der Waals surface area contributed by atoms with E-state index >= 15 is 0 Å². The molecule has 0 saturated heterocycles. The largest absolute Gasteiger partial charge is 0.497 e. The van der Waals surface area contributed by atoms with Gasteiger partial charge in [-0.2, -0.15) is 0 Å². The summed E-state index contributed by atoms with van der Waals surface area (Å²) in [5.74, 6) is 3.01. The monoisotopic (exact) mass is 467 g/mol. The molecule has 4 rings (SSSR count). The molecule has 1 aliphatic heterocycles. The molecule has 6 nitrogen and oxygen atoms in total. The number of carbonyl (C=O) groups excluding carboxylic acids is 1. The van der Waals surface area contributed by atoms with E-state index < -0.39 is 0 Å². The second kappa shape index (κ2) is 10.2. The minimum atomic E-state index is -0.145. The highest BCUT2D eigenvalue weighted by molar-refractivity contribution is 7.10. The molecule has 0 radical (unpaired) electrons. The highest BCUT2D eigenvalue weighted by atomic mass is 32.1. The quantitative estimate of drug-likeness (QED) is 0.472. The number of thiophene rings is 1. The van der Waals surface area contributed by atoms with Crippen molar-refractivity contribution >= 4 is 17.2 Å². The third-order valence-corrected chi connectivity index (χ3v) is 7.03. The van der Waals surface area contributed by atoms with Crippen molar-refractivity contribution in [3.63, 3.8) is 0 Å². The van der Waals surface area contributed by atoms with Gasteiger partial charge < -0.3 is 23.8 Å². The Morgan fingerprint density at radius 1 is 0.970 bits per heavy atom. The average Bonchev–Trinajstić information content (AvgIpc) is 3.39. The normalized spacial score (nSPS) is 15.0. The number of fused-ring (bicyclic) bond motifs is 1. The Labute approximate surface area is 198 Å². The summed E-state index contributed by atoms with van der Waals surface area (Å²) in [4.78, 5) is 16.6. The van der Waals surface area contributed by atoms with Crippen LogP contribution in [0.1, 0.15) is 34.0 Å². The van der Waals surface area contributed by atoms with E-state index in [0.717, 1.165) is 33.9 Å². The number of aryl methyl sites for hydroxylation is 1. The number of benzene rings is 2. The molecule has 1 aromatic heterocycles. The fourth-order valence-electron chi connectivity index (χ4n) is 4.43. The molecular weight excluding hydrogens is 438 g/mol. The molecule has 0 spiro atoms. The zero-order chi connectivity index (χ0) is 23.4. The predicted molar refractivity (Wildman–Crippen MR) is 129 cm³/mol. The Balaban J connectivity index is 1.63. The summed E-state index contributed by atoms with van der Waals surface area (Å²) in [6, 6.07) is 13.7. The lowest BCUT2D eigenvalue weighted by Gasteiger charge is -2.37. The van der Waals surface area contributed by atoms with Crippen LogP contribution < -0.4 is 18.9 Å². The lowest BCUT2D eigenvalue weighted by Crippen LogP contribution is -2.40. The molecule has 0 aliphatic carbocycles. The van der Waals surface area contributed by atoms with Gasteiger partial charge in [0.2, 0.25) is 5.91 Å². The summed E-state index contributed by atoms with van der Waals surface area (Å²) in [6.07, 6.45) is 1.73. The van der Waals surface area contributed by atoms with Crippen LogP contribution in [0.2, 0.25) is 0 Å². The molecule has 7 heteroatoms. The van der Waals surface area contributed by atoms with Crippen LogP contribution in [0, 0.1) is 0 Å². The van der Waals surface area contributed by atoms with E-state index in [1.54, 1.807) is 39.8 Å². The Bertz CT molecular complexity index is 1110. The minimum absolute atomic E-state index is 0.110. The van der Waals surface area contributed by atoms with Gasteiger partial charge in [0, 0.05) is 17.8 Å². The third-order valence-electron chi connectivity index (χ3n) is 6.10. The standard InChI is InChI=1S/C26H29NO5S/c1-29-19-8-9-21(30-2)18(14-19)7-10-25(28)27-12-11-17-15-22(31-3)23(32-4)16-20(17)26(27)24-6-5-13-33-24/h5-6,8-9,13-16,26H,7,10-12H2,1-4H3. The summed E-state index contributed by atoms with van der Waals surface area (Å²) in [7, 11) is 6.56.